The van der Waals surface area contributed by atoms with Crippen LogP contribution in [-0.2, 0) is 0 Å². The molecule has 14 aromatic rings. The number of thiophene rings is 1. The summed E-state index contributed by atoms with van der Waals surface area (Å²) < 4.78 is 4.76. The van der Waals surface area contributed by atoms with Crippen LogP contribution >= 0.6 is 11.3 Å². The van der Waals surface area contributed by atoms with Gasteiger partial charge in [0.25, 0.3) is 0 Å². The van der Waals surface area contributed by atoms with Crippen molar-refractivity contribution in [3.05, 3.63) is 267 Å². The molecule has 0 bridgehead atoms. The van der Waals surface area contributed by atoms with Gasteiger partial charge in [-0.2, -0.15) is 0 Å². The van der Waals surface area contributed by atoms with Crippen molar-refractivity contribution in [3.8, 4) is 95.5 Å². The molecule has 3 aromatic heterocycles. The summed E-state index contributed by atoms with van der Waals surface area (Å²) in [5.74, 6) is 1.89. The van der Waals surface area contributed by atoms with Gasteiger partial charge in [-0.05, 0) is 116 Å². The van der Waals surface area contributed by atoms with Crippen molar-refractivity contribution in [1.29, 1.82) is 0 Å². The fourth-order valence-electron chi connectivity index (χ4n) is 10.6. The van der Waals surface area contributed by atoms with Crippen molar-refractivity contribution >= 4 is 53.3 Å². The normalized spacial score (nSPS) is 11.5. The Balaban J connectivity index is 0.927. The Morgan fingerprint density at radius 1 is 0.243 bits per heavy atom. The average molecular weight is 961 g/mol. The highest BCUT2D eigenvalue weighted by molar-refractivity contribution is 7.26. The quantitative estimate of drug-likeness (QED) is 0.145. The van der Waals surface area contributed by atoms with E-state index in [9.17, 15) is 0 Å². The van der Waals surface area contributed by atoms with Crippen LogP contribution < -0.4 is 0 Å². The van der Waals surface area contributed by atoms with Crippen LogP contribution in [0.1, 0.15) is 0 Å². The van der Waals surface area contributed by atoms with E-state index in [0.29, 0.717) is 17.5 Å². The summed E-state index contributed by atoms with van der Waals surface area (Å²) >= 11 is 1.81. The molecule has 0 atom stereocenters. The predicted octanol–water partition coefficient (Wildman–Crippen LogP) is 18.7. The first-order valence-corrected chi connectivity index (χ1v) is 25.8. The summed E-state index contributed by atoms with van der Waals surface area (Å²) in [7, 11) is 0. The van der Waals surface area contributed by atoms with E-state index in [1.165, 1.54) is 70.7 Å². The van der Waals surface area contributed by atoms with Crippen molar-refractivity contribution in [3.63, 3.8) is 0 Å². The molecule has 346 valence electrons. The highest BCUT2D eigenvalue weighted by Crippen LogP contribution is 2.45. The van der Waals surface area contributed by atoms with Crippen LogP contribution in [0.3, 0.4) is 0 Å². The third kappa shape index (κ3) is 7.75. The Morgan fingerprint density at radius 2 is 0.608 bits per heavy atom. The van der Waals surface area contributed by atoms with Gasteiger partial charge in [-0.1, -0.05) is 206 Å². The molecule has 3 heterocycles. The number of hydrogen-bond acceptors (Lipinski definition) is 4. The molecular weight excluding hydrogens is 917 g/mol. The van der Waals surface area contributed by atoms with Gasteiger partial charge in [0.15, 0.2) is 17.5 Å². The van der Waals surface area contributed by atoms with Crippen molar-refractivity contribution in [2.75, 3.05) is 0 Å². The summed E-state index contributed by atoms with van der Waals surface area (Å²) in [6.07, 6.45) is 0. The minimum Gasteiger partial charge on any atom is -0.309 e. The number of fused-ring (bicyclic) bond motifs is 6. The first-order chi connectivity index (χ1) is 36.7. The maximum Gasteiger partial charge on any atom is 0.165 e. The molecule has 4 nitrogen and oxygen atoms in total. The van der Waals surface area contributed by atoms with Crippen LogP contribution in [0.15, 0.2) is 267 Å². The molecule has 0 aliphatic carbocycles. The van der Waals surface area contributed by atoms with Gasteiger partial charge in [0, 0.05) is 53.3 Å². The van der Waals surface area contributed by atoms with Crippen LogP contribution in [0.25, 0.3) is 137 Å². The lowest BCUT2D eigenvalue weighted by atomic mass is 9.97. The van der Waals surface area contributed by atoms with Crippen molar-refractivity contribution in [2.24, 2.45) is 0 Å². The summed E-state index contributed by atoms with van der Waals surface area (Å²) in [5.41, 5.74) is 17.9. The molecule has 5 heteroatoms. The molecule has 0 saturated carbocycles. The Kier molecular flexibility index (Phi) is 10.7. The first-order valence-electron chi connectivity index (χ1n) is 25.0. The molecule has 11 aromatic carbocycles. The minimum absolute atomic E-state index is 0.627. The van der Waals surface area contributed by atoms with Gasteiger partial charge < -0.3 is 4.57 Å². The average Bonchev–Trinajstić information content (AvgIpc) is 4.06. The highest BCUT2D eigenvalue weighted by Gasteiger charge is 2.21. The van der Waals surface area contributed by atoms with Crippen molar-refractivity contribution in [1.82, 2.24) is 19.5 Å². The molecule has 0 fully saturated rings. The summed E-state index contributed by atoms with van der Waals surface area (Å²) in [4.78, 5) is 15.9. The Bertz CT molecular complexity index is 4310. The Morgan fingerprint density at radius 3 is 1.14 bits per heavy atom. The molecule has 74 heavy (non-hydrogen) atoms. The van der Waals surface area contributed by atoms with Crippen LogP contribution in [0.5, 0.6) is 0 Å². The maximum absolute atomic E-state index is 5.34. The second-order valence-electron chi connectivity index (χ2n) is 18.7. The van der Waals surface area contributed by atoms with Gasteiger partial charge >= 0.3 is 0 Å². The summed E-state index contributed by atoms with van der Waals surface area (Å²) in [6, 6.07) is 95.4. The predicted molar refractivity (Wildman–Crippen MR) is 311 cm³/mol. The summed E-state index contributed by atoms with van der Waals surface area (Å²) in [6.45, 7) is 0. The molecule has 0 radical (unpaired) electrons. The third-order valence-electron chi connectivity index (χ3n) is 14.2. The lowest BCUT2D eigenvalue weighted by Crippen LogP contribution is -2.00. The molecule has 0 saturated heterocycles. The van der Waals surface area contributed by atoms with Gasteiger partial charge in [-0.15, -0.1) is 11.3 Å². The zero-order valence-electron chi connectivity index (χ0n) is 40.1. The van der Waals surface area contributed by atoms with Crippen molar-refractivity contribution in [2.45, 2.75) is 0 Å². The van der Waals surface area contributed by atoms with Crippen molar-refractivity contribution < 1.29 is 0 Å². The number of hydrogen-bond donors (Lipinski definition) is 0. The minimum atomic E-state index is 0.627. The van der Waals surface area contributed by atoms with E-state index in [1.807, 2.05) is 23.5 Å². The lowest BCUT2D eigenvalue weighted by Gasteiger charge is -2.11. The number of para-hydroxylation sites is 1. The van der Waals surface area contributed by atoms with Gasteiger partial charge in [-0.25, -0.2) is 15.0 Å². The third-order valence-corrected chi connectivity index (χ3v) is 15.5. The van der Waals surface area contributed by atoms with Crippen LogP contribution in [0, 0.1) is 0 Å². The number of nitrogens with zero attached hydrogens (tertiary/aromatic N) is 4. The van der Waals surface area contributed by atoms with E-state index in [0.717, 1.165) is 49.3 Å². The van der Waals surface area contributed by atoms with E-state index in [2.05, 4.69) is 259 Å². The van der Waals surface area contributed by atoms with E-state index >= 15 is 0 Å². The standard InChI is InChI=1S/C69H44N4S/c1-5-18-45(19-6-1)48-24-13-27-51(40-48)52-36-38-63-61(43-52)62-44-53(37-39-64(62)73(63)56-30-11-4-12-31-56)57-32-16-33-58-59-34-17-35-60(66(59)74-65(57)58)69-71-67(54-28-14-25-49(41-54)46-20-7-2-8-21-46)70-68(72-69)55-29-15-26-50(42-55)47-22-9-3-10-23-47/h1-44H. The Hall–Kier alpha value is -9.55. The molecule has 0 spiro atoms. The molecule has 0 amide bonds. The highest BCUT2D eigenvalue weighted by atomic mass is 32.1. The topological polar surface area (TPSA) is 43.6 Å². The van der Waals surface area contributed by atoms with E-state index in [1.54, 1.807) is 0 Å². The number of rotatable bonds is 9. The monoisotopic (exact) mass is 960 g/mol. The molecule has 0 unspecified atom stereocenters. The van der Waals surface area contributed by atoms with E-state index in [-0.39, 0.29) is 0 Å². The first kappa shape index (κ1) is 43.3. The Labute approximate surface area is 432 Å². The lowest BCUT2D eigenvalue weighted by molar-refractivity contribution is 1.08. The fraction of sp³-hybridized carbons (Fsp3) is 0. The smallest absolute Gasteiger partial charge is 0.165 e. The summed E-state index contributed by atoms with van der Waals surface area (Å²) in [5, 5.41) is 4.80. The van der Waals surface area contributed by atoms with Gasteiger partial charge in [0.2, 0.25) is 0 Å². The SMILES string of the molecule is c1ccc(-c2cccc(-c3ccc4c(c3)c3cc(-c5cccc6c5sc5c(-c7nc(-c8cccc(-c9ccccc9)c8)nc(-c8cccc(-c9ccccc9)c8)n7)cccc56)ccc3n4-c3ccccc3)c2)cc1. The number of aromatic nitrogens is 4. The second kappa shape index (κ2) is 18.2. The van der Waals surface area contributed by atoms with Gasteiger partial charge in [0.1, 0.15) is 0 Å². The van der Waals surface area contributed by atoms with Crippen LogP contribution in [-0.4, -0.2) is 19.5 Å². The van der Waals surface area contributed by atoms with Crippen LogP contribution in [0.4, 0.5) is 0 Å². The van der Waals surface area contributed by atoms with Crippen LogP contribution in [0.2, 0.25) is 0 Å². The zero-order valence-corrected chi connectivity index (χ0v) is 40.9. The molecule has 0 aliphatic rings. The zero-order chi connectivity index (χ0) is 49.0. The molecular formula is C69H44N4S. The second-order valence-corrected chi connectivity index (χ2v) is 19.8. The van der Waals surface area contributed by atoms with E-state index in [4.69, 9.17) is 15.0 Å². The van der Waals surface area contributed by atoms with Gasteiger partial charge in [0.05, 0.1) is 11.0 Å². The molecule has 0 aliphatic heterocycles. The molecule has 14 rings (SSSR count). The number of benzene rings is 11. The fourth-order valence-corrected chi connectivity index (χ4v) is 12.0. The maximum atomic E-state index is 5.34. The largest absolute Gasteiger partial charge is 0.309 e. The van der Waals surface area contributed by atoms with E-state index < -0.39 is 0 Å². The molecule has 0 N–H and O–H groups in total. The van der Waals surface area contributed by atoms with Gasteiger partial charge in [-0.3, -0.25) is 0 Å².